The number of rotatable bonds is 11. The topological polar surface area (TPSA) is 90.9 Å². The second-order valence-electron chi connectivity index (χ2n) is 10.7. The lowest BCUT2D eigenvalue weighted by Crippen LogP contribution is -2.37. The molecular formula is C31H39N3O5S. The number of aromatic nitrogens is 2. The lowest BCUT2D eigenvalue weighted by molar-refractivity contribution is -0.151. The maximum absolute atomic E-state index is 13.4. The summed E-state index contributed by atoms with van der Waals surface area (Å²) in [7, 11) is 4.79. The van der Waals surface area contributed by atoms with E-state index in [1.807, 2.05) is 31.2 Å². The number of fused-ring (bicyclic) bond motifs is 1. The van der Waals surface area contributed by atoms with Gasteiger partial charge < -0.3 is 19.1 Å². The van der Waals surface area contributed by atoms with Gasteiger partial charge in [-0.1, -0.05) is 19.9 Å². The Kier molecular flexibility index (Phi) is 9.45. The van der Waals surface area contributed by atoms with Crippen molar-refractivity contribution in [2.45, 2.75) is 58.5 Å². The summed E-state index contributed by atoms with van der Waals surface area (Å²) >= 11 is 1.55. The monoisotopic (exact) mass is 565 g/mol. The number of methoxy groups -OCH3 is 2. The van der Waals surface area contributed by atoms with E-state index in [-0.39, 0.29) is 18.0 Å². The van der Waals surface area contributed by atoms with Crippen LogP contribution in [0.15, 0.2) is 36.2 Å². The highest BCUT2D eigenvalue weighted by molar-refractivity contribution is 7.13. The Morgan fingerprint density at radius 1 is 1.18 bits per heavy atom. The van der Waals surface area contributed by atoms with Crippen molar-refractivity contribution in [2.75, 3.05) is 27.8 Å². The van der Waals surface area contributed by atoms with Gasteiger partial charge in [0.1, 0.15) is 28.3 Å². The number of carbonyl (C=O) groups excluding carboxylic acids is 2. The third-order valence-electron chi connectivity index (χ3n) is 7.61. The van der Waals surface area contributed by atoms with Crippen LogP contribution in [0.25, 0.3) is 21.6 Å². The smallest absolute Gasteiger partial charge is 0.309 e. The fraction of sp³-hybridized carbons (Fsp3) is 0.484. The molecule has 0 N–H and O–H groups in total. The lowest BCUT2D eigenvalue weighted by Gasteiger charge is -2.23. The number of allylic oxidation sites excluding steroid dienone is 1. The lowest BCUT2D eigenvalue weighted by atomic mass is 9.94. The summed E-state index contributed by atoms with van der Waals surface area (Å²) in [5.41, 5.74) is 3.40. The van der Waals surface area contributed by atoms with Gasteiger partial charge in [0.2, 0.25) is 5.91 Å². The molecule has 2 heterocycles. The van der Waals surface area contributed by atoms with Gasteiger partial charge in [0.15, 0.2) is 0 Å². The number of aryl methyl sites for hydroxylation is 1. The van der Waals surface area contributed by atoms with Gasteiger partial charge in [0.05, 0.1) is 37.3 Å². The van der Waals surface area contributed by atoms with Crippen LogP contribution in [0.1, 0.15) is 56.7 Å². The molecule has 40 heavy (non-hydrogen) atoms. The first-order valence-corrected chi connectivity index (χ1v) is 14.6. The molecule has 1 fully saturated rings. The molecule has 1 aliphatic carbocycles. The minimum atomic E-state index is -0.564. The van der Waals surface area contributed by atoms with Gasteiger partial charge in [-0.05, 0) is 50.7 Å². The number of benzene rings is 1. The summed E-state index contributed by atoms with van der Waals surface area (Å²) in [5.74, 6) is 0.180. The SMILES string of the molecule is C=CCCCN(C)C(=O)[C@@H]1C[C@H](Oc2cc(-c3nc(C(C)C)cs3)nc3c(C)c(OC)ccc23)C[C@H]1C(=O)OC. The highest BCUT2D eigenvalue weighted by atomic mass is 32.1. The van der Waals surface area contributed by atoms with Gasteiger partial charge in [-0.15, -0.1) is 17.9 Å². The van der Waals surface area contributed by atoms with Gasteiger partial charge in [-0.2, -0.15) is 0 Å². The quantitative estimate of drug-likeness (QED) is 0.156. The van der Waals surface area contributed by atoms with E-state index in [2.05, 4.69) is 25.8 Å². The molecule has 0 saturated heterocycles. The van der Waals surface area contributed by atoms with Crippen LogP contribution in [-0.4, -0.2) is 60.7 Å². The molecule has 3 aromatic rings. The number of amides is 1. The Labute approximate surface area is 240 Å². The number of thiazole rings is 1. The molecule has 1 amide bonds. The molecule has 9 heteroatoms. The van der Waals surface area contributed by atoms with Crippen LogP contribution < -0.4 is 9.47 Å². The molecule has 1 aromatic carbocycles. The van der Waals surface area contributed by atoms with Crippen molar-refractivity contribution < 1.29 is 23.8 Å². The van der Waals surface area contributed by atoms with Crippen LogP contribution in [0.5, 0.6) is 11.5 Å². The van der Waals surface area contributed by atoms with E-state index in [4.69, 9.17) is 24.2 Å². The van der Waals surface area contributed by atoms with E-state index in [9.17, 15) is 9.59 Å². The molecule has 1 saturated carbocycles. The molecule has 0 spiro atoms. The predicted octanol–water partition coefficient (Wildman–Crippen LogP) is 6.17. The van der Waals surface area contributed by atoms with Crippen molar-refractivity contribution in [2.24, 2.45) is 11.8 Å². The number of unbranched alkanes of at least 4 members (excludes halogenated alkanes) is 1. The van der Waals surface area contributed by atoms with Crippen LogP contribution >= 0.6 is 11.3 Å². The Morgan fingerprint density at radius 2 is 1.93 bits per heavy atom. The molecule has 0 unspecified atom stereocenters. The largest absolute Gasteiger partial charge is 0.496 e. The minimum absolute atomic E-state index is 0.0598. The van der Waals surface area contributed by atoms with Crippen molar-refractivity contribution >= 4 is 34.1 Å². The zero-order valence-electron chi connectivity index (χ0n) is 24.2. The van der Waals surface area contributed by atoms with Crippen LogP contribution in [0.2, 0.25) is 0 Å². The van der Waals surface area contributed by atoms with E-state index in [0.717, 1.165) is 45.8 Å². The third kappa shape index (κ3) is 6.14. The molecule has 0 radical (unpaired) electrons. The number of hydrogen-bond acceptors (Lipinski definition) is 8. The maximum atomic E-state index is 13.4. The average Bonchev–Trinajstić information content (AvgIpc) is 3.61. The maximum Gasteiger partial charge on any atom is 0.309 e. The van der Waals surface area contributed by atoms with E-state index < -0.39 is 11.8 Å². The first-order chi connectivity index (χ1) is 19.2. The molecule has 214 valence electrons. The third-order valence-corrected chi connectivity index (χ3v) is 8.49. The predicted molar refractivity (Wildman–Crippen MR) is 158 cm³/mol. The Bertz CT molecular complexity index is 1380. The zero-order valence-corrected chi connectivity index (χ0v) is 25.0. The molecule has 2 aromatic heterocycles. The summed E-state index contributed by atoms with van der Waals surface area (Å²) in [6.45, 7) is 10.6. The van der Waals surface area contributed by atoms with E-state index in [0.29, 0.717) is 36.7 Å². The van der Waals surface area contributed by atoms with Crippen molar-refractivity contribution in [3.8, 4) is 22.2 Å². The van der Waals surface area contributed by atoms with Crippen LogP contribution in [0.3, 0.4) is 0 Å². The molecule has 8 nitrogen and oxygen atoms in total. The van der Waals surface area contributed by atoms with Crippen molar-refractivity contribution in [1.29, 1.82) is 0 Å². The number of carbonyl (C=O) groups is 2. The van der Waals surface area contributed by atoms with Gasteiger partial charge in [0.25, 0.3) is 0 Å². The zero-order chi connectivity index (χ0) is 29.0. The Hall–Kier alpha value is -3.46. The number of esters is 1. The first-order valence-electron chi connectivity index (χ1n) is 13.7. The summed E-state index contributed by atoms with van der Waals surface area (Å²) in [4.78, 5) is 37.6. The normalized spacial score (nSPS) is 18.6. The standard InChI is InChI=1S/C31H39N3O5S/c1-8-9-10-13-34(5)30(35)22-14-20(15-23(22)31(36)38-7)39-27-16-24(29-33-25(17-40-29)18(2)3)32-28-19(4)26(37-6)12-11-21(27)28/h8,11-12,16-18,20,22-23H,1,9-10,13-15H2,2-7H3/t20-,22+,23+/m0/s1. The Balaban J connectivity index is 1.69. The van der Waals surface area contributed by atoms with Crippen molar-refractivity contribution in [3.05, 3.63) is 47.5 Å². The molecule has 0 aliphatic heterocycles. The van der Waals surface area contributed by atoms with E-state index in [1.54, 1.807) is 30.4 Å². The summed E-state index contributed by atoms with van der Waals surface area (Å²) in [5, 5.41) is 3.71. The summed E-state index contributed by atoms with van der Waals surface area (Å²) < 4.78 is 17.3. The summed E-state index contributed by atoms with van der Waals surface area (Å²) in [6, 6.07) is 5.76. The number of pyridine rings is 1. The van der Waals surface area contributed by atoms with Crippen LogP contribution in [0.4, 0.5) is 0 Å². The molecule has 4 rings (SSSR count). The van der Waals surface area contributed by atoms with Crippen LogP contribution in [0, 0.1) is 18.8 Å². The second-order valence-corrected chi connectivity index (χ2v) is 11.5. The van der Waals surface area contributed by atoms with E-state index >= 15 is 0 Å². The van der Waals surface area contributed by atoms with Crippen molar-refractivity contribution in [3.63, 3.8) is 0 Å². The minimum Gasteiger partial charge on any atom is -0.496 e. The van der Waals surface area contributed by atoms with Gasteiger partial charge in [-0.3, -0.25) is 9.59 Å². The number of nitrogens with zero attached hydrogens (tertiary/aromatic N) is 3. The van der Waals surface area contributed by atoms with Gasteiger partial charge in [-0.25, -0.2) is 9.97 Å². The highest BCUT2D eigenvalue weighted by Crippen LogP contribution is 2.41. The fourth-order valence-corrected chi connectivity index (χ4v) is 6.23. The van der Waals surface area contributed by atoms with Crippen LogP contribution in [-0.2, 0) is 14.3 Å². The number of ether oxygens (including phenoxy) is 3. The molecule has 0 bridgehead atoms. The molecule has 1 aliphatic rings. The second kappa shape index (κ2) is 12.8. The van der Waals surface area contributed by atoms with Crippen molar-refractivity contribution in [1.82, 2.24) is 14.9 Å². The van der Waals surface area contributed by atoms with Gasteiger partial charge >= 0.3 is 5.97 Å². The summed E-state index contributed by atoms with van der Waals surface area (Å²) in [6.07, 6.45) is 3.97. The highest BCUT2D eigenvalue weighted by Gasteiger charge is 2.45. The van der Waals surface area contributed by atoms with Gasteiger partial charge in [0, 0.05) is 36.0 Å². The average molecular weight is 566 g/mol. The number of hydrogen-bond donors (Lipinski definition) is 0. The first kappa shape index (κ1) is 29.5. The Morgan fingerprint density at radius 3 is 2.58 bits per heavy atom. The molecule has 3 atom stereocenters. The fourth-order valence-electron chi connectivity index (χ4n) is 5.29. The van der Waals surface area contributed by atoms with E-state index in [1.165, 1.54) is 7.11 Å². The molecular weight excluding hydrogens is 526 g/mol.